The molecule has 21 heavy (non-hydrogen) atoms. The van der Waals surface area contributed by atoms with Crippen LogP contribution in [0.4, 0.5) is 0 Å². The molecule has 6 heteroatoms. The van der Waals surface area contributed by atoms with Crippen LogP contribution in [0.1, 0.15) is 19.4 Å². The summed E-state index contributed by atoms with van der Waals surface area (Å²) in [6.07, 6.45) is 0.352. The number of carbonyl (C=O) groups is 3. The molecule has 0 aliphatic rings. The summed E-state index contributed by atoms with van der Waals surface area (Å²) in [6.45, 7) is 2.66. The minimum absolute atomic E-state index is 0.153. The van der Waals surface area contributed by atoms with E-state index in [1.165, 1.54) is 6.92 Å². The molecule has 1 aromatic carbocycles. The van der Waals surface area contributed by atoms with Gasteiger partial charge in [-0.3, -0.25) is 19.7 Å². The smallest absolute Gasteiger partial charge is 0.317 e. The number of carboxylic acids is 1. The van der Waals surface area contributed by atoms with Crippen molar-refractivity contribution in [2.24, 2.45) is 0 Å². The fraction of sp³-hybridized carbons (Fsp3) is 0.400. The van der Waals surface area contributed by atoms with Crippen molar-refractivity contribution in [3.63, 3.8) is 0 Å². The Morgan fingerprint density at radius 3 is 2.33 bits per heavy atom. The zero-order valence-electron chi connectivity index (χ0n) is 12.1. The summed E-state index contributed by atoms with van der Waals surface area (Å²) in [7, 11) is 0. The van der Waals surface area contributed by atoms with Crippen LogP contribution in [0.15, 0.2) is 30.3 Å². The van der Waals surface area contributed by atoms with Crippen molar-refractivity contribution in [1.82, 2.24) is 10.6 Å². The van der Waals surface area contributed by atoms with Gasteiger partial charge in [-0.2, -0.15) is 0 Å². The van der Waals surface area contributed by atoms with E-state index >= 15 is 0 Å². The molecule has 0 saturated carbocycles. The highest BCUT2D eigenvalue weighted by atomic mass is 16.4. The molecule has 0 heterocycles. The molecule has 0 unspecified atom stereocenters. The maximum Gasteiger partial charge on any atom is 0.317 e. The van der Waals surface area contributed by atoms with Crippen molar-refractivity contribution < 1.29 is 19.5 Å². The Morgan fingerprint density at radius 2 is 1.81 bits per heavy atom. The van der Waals surface area contributed by atoms with Crippen molar-refractivity contribution in [3.8, 4) is 0 Å². The van der Waals surface area contributed by atoms with Gasteiger partial charge in [0.25, 0.3) is 0 Å². The first-order chi connectivity index (χ1) is 9.90. The van der Waals surface area contributed by atoms with Gasteiger partial charge in [-0.05, 0) is 25.8 Å². The molecule has 0 spiro atoms. The number of hydrogen-bond acceptors (Lipinski definition) is 4. The average molecular weight is 292 g/mol. The van der Waals surface area contributed by atoms with Crippen LogP contribution in [0.2, 0.25) is 0 Å². The van der Waals surface area contributed by atoms with Gasteiger partial charge in [0.1, 0.15) is 0 Å². The van der Waals surface area contributed by atoms with Crippen LogP contribution < -0.4 is 10.6 Å². The van der Waals surface area contributed by atoms with E-state index in [1.807, 2.05) is 30.3 Å². The minimum Gasteiger partial charge on any atom is -0.480 e. The Balaban J connectivity index is 2.73. The monoisotopic (exact) mass is 292 g/mol. The molecule has 6 nitrogen and oxygen atoms in total. The molecule has 2 atom stereocenters. The first-order valence-electron chi connectivity index (χ1n) is 6.70. The number of ketones is 1. The van der Waals surface area contributed by atoms with Gasteiger partial charge in [0.2, 0.25) is 5.91 Å². The predicted molar refractivity (Wildman–Crippen MR) is 77.9 cm³/mol. The standard InChI is InChI=1S/C15H20N2O4/c1-10(11(2)18)17-15(21)13(16-9-14(19)20)8-12-6-4-3-5-7-12/h3-7,10,13,16H,8-9H2,1-2H3,(H,17,21)(H,19,20)/t10-,13-/m0/s1. The van der Waals surface area contributed by atoms with E-state index < -0.39 is 18.1 Å². The van der Waals surface area contributed by atoms with Crippen LogP contribution >= 0.6 is 0 Å². The SMILES string of the molecule is CC(=O)[C@H](C)NC(=O)[C@H](Cc1ccccc1)NCC(=O)O. The Morgan fingerprint density at radius 1 is 1.19 bits per heavy atom. The summed E-state index contributed by atoms with van der Waals surface area (Å²) >= 11 is 0. The van der Waals surface area contributed by atoms with E-state index in [4.69, 9.17) is 5.11 Å². The zero-order chi connectivity index (χ0) is 15.8. The van der Waals surface area contributed by atoms with Gasteiger partial charge in [-0.15, -0.1) is 0 Å². The van der Waals surface area contributed by atoms with E-state index in [2.05, 4.69) is 10.6 Å². The molecule has 0 saturated heterocycles. The fourth-order valence-corrected chi connectivity index (χ4v) is 1.73. The largest absolute Gasteiger partial charge is 0.480 e. The number of Topliss-reactive ketones (excluding diaryl/α,β-unsaturated/α-hetero) is 1. The average Bonchev–Trinajstić information content (AvgIpc) is 2.44. The van der Waals surface area contributed by atoms with Crippen LogP contribution in [-0.4, -0.2) is 41.4 Å². The summed E-state index contributed by atoms with van der Waals surface area (Å²) < 4.78 is 0. The Kier molecular flexibility index (Phi) is 6.55. The molecule has 3 N–H and O–H groups in total. The summed E-state index contributed by atoms with van der Waals surface area (Å²) in [6, 6.07) is 7.97. The molecule has 1 rings (SSSR count). The Hall–Kier alpha value is -2.21. The molecule has 0 bridgehead atoms. The lowest BCUT2D eigenvalue weighted by molar-refractivity contribution is -0.136. The van der Waals surface area contributed by atoms with Crippen molar-refractivity contribution >= 4 is 17.7 Å². The third-order valence-corrected chi connectivity index (χ3v) is 3.07. The van der Waals surface area contributed by atoms with Gasteiger partial charge in [0.15, 0.2) is 5.78 Å². The van der Waals surface area contributed by atoms with E-state index in [9.17, 15) is 14.4 Å². The normalized spacial score (nSPS) is 13.2. The molecule has 1 amide bonds. The molecular weight excluding hydrogens is 272 g/mol. The molecule has 0 aliphatic heterocycles. The number of benzene rings is 1. The summed E-state index contributed by atoms with van der Waals surface area (Å²) in [5.41, 5.74) is 0.908. The molecule has 0 fully saturated rings. The number of carboxylic acid groups (broad SMARTS) is 1. The third kappa shape index (κ3) is 6.18. The quantitative estimate of drug-likeness (QED) is 0.643. The lowest BCUT2D eigenvalue weighted by atomic mass is 10.0. The lowest BCUT2D eigenvalue weighted by Gasteiger charge is -2.19. The van der Waals surface area contributed by atoms with Crippen LogP contribution in [0.25, 0.3) is 0 Å². The second kappa shape index (κ2) is 8.16. The summed E-state index contributed by atoms with van der Waals surface area (Å²) in [5.74, 6) is -1.58. The summed E-state index contributed by atoms with van der Waals surface area (Å²) in [4.78, 5) is 34.0. The third-order valence-electron chi connectivity index (χ3n) is 3.07. The van der Waals surface area contributed by atoms with Gasteiger partial charge >= 0.3 is 5.97 Å². The highest BCUT2D eigenvalue weighted by Gasteiger charge is 2.22. The second-order valence-electron chi connectivity index (χ2n) is 4.86. The summed E-state index contributed by atoms with van der Waals surface area (Å²) in [5, 5.41) is 14.0. The lowest BCUT2D eigenvalue weighted by Crippen LogP contribution is -2.50. The second-order valence-corrected chi connectivity index (χ2v) is 4.86. The number of rotatable bonds is 8. The molecular formula is C15H20N2O4. The molecule has 0 aromatic heterocycles. The van der Waals surface area contributed by atoms with Crippen LogP contribution in [0.5, 0.6) is 0 Å². The Bertz CT molecular complexity index is 502. The maximum absolute atomic E-state index is 12.2. The van der Waals surface area contributed by atoms with Crippen LogP contribution in [-0.2, 0) is 20.8 Å². The number of hydrogen-bond donors (Lipinski definition) is 3. The fourth-order valence-electron chi connectivity index (χ4n) is 1.73. The first kappa shape index (κ1) is 16.8. The number of amides is 1. The van der Waals surface area contributed by atoms with Crippen molar-refractivity contribution in [2.45, 2.75) is 32.4 Å². The number of aliphatic carboxylic acids is 1. The van der Waals surface area contributed by atoms with E-state index in [0.717, 1.165) is 5.56 Å². The topological polar surface area (TPSA) is 95.5 Å². The van der Waals surface area contributed by atoms with Crippen molar-refractivity contribution in [3.05, 3.63) is 35.9 Å². The Labute approximate surface area is 123 Å². The van der Waals surface area contributed by atoms with Crippen LogP contribution in [0, 0.1) is 0 Å². The van der Waals surface area contributed by atoms with Gasteiger partial charge < -0.3 is 10.4 Å². The van der Waals surface area contributed by atoms with Gasteiger partial charge in [-0.1, -0.05) is 30.3 Å². The van der Waals surface area contributed by atoms with Gasteiger partial charge in [0.05, 0.1) is 18.6 Å². The number of nitrogens with one attached hydrogen (secondary N) is 2. The van der Waals surface area contributed by atoms with Crippen molar-refractivity contribution in [2.75, 3.05) is 6.54 Å². The highest BCUT2D eigenvalue weighted by Crippen LogP contribution is 2.04. The van der Waals surface area contributed by atoms with Gasteiger partial charge in [-0.25, -0.2) is 0 Å². The van der Waals surface area contributed by atoms with Crippen molar-refractivity contribution in [1.29, 1.82) is 0 Å². The minimum atomic E-state index is -1.04. The highest BCUT2D eigenvalue weighted by molar-refractivity contribution is 5.89. The molecule has 1 aromatic rings. The van der Waals surface area contributed by atoms with E-state index in [0.29, 0.717) is 6.42 Å². The first-order valence-corrected chi connectivity index (χ1v) is 6.70. The predicted octanol–water partition coefficient (Wildman–Crippen LogP) is 0.366. The van der Waals surface area contributed by atoms with Gasteiger partial charge in [0, 0.05) is 0 Å². The molecule has 0 aliphatic carbocycles. The maximum atomic E-state index is 12.2. The molecule has 114 valence electrons. The van der Waals surface area contributed by atoms with Crippen LogP contribution in [0.3, 0.4) is 0 Å². The zero-order valence-corrected chi connectivity index (χ0v) is 12.1. The van der Waals surface area contributed by atoms with E-state index in [1.54, 1.807) is 6.92 Å². The molecule has 0 radical (unpaired) electrons. The number of carbonyl (C=O) groups excluding carboxylic acids is 2. The van der Waals surface area contributed by atoms with E-state index in [-0.39, 0.29) is 18.2 Å².